The Bertz CT molecular complexity index is 1540. The third-order valence-corrected chi connectivity index (χ3v) is 6.59. The summed E-state index contributed by atoms with van der Waals surface area (Å²) in [4.78, 5) is 19.4. The van der Waals surface area contributed by atoms with Gasteiger partial charge in [-0.1, -0.05) is 41.9 Å². The molecule has 41 heavy (non-hydrogen) atoms. The summed E-state index contributed by atoms with van der Waals surface area (Å²) in [6.45, 7) is 2.64. The van der Waals surface area contributed by atoms with Crippen LogP contribution in [0, 0.1) is 18.3 Å². The van der Waals surface area contributed by atoms with Crippen molar-refractivity contribution in [3.8, 4) is 28.7 Å². The van der Waals surface area contributed by atoms with E-state index in [0.717, 1.165) is 22.4 Å². The van der Waals surface area contributed by atoms with Gasteiger partial charge in [-0.3, -0.25) is 14.8 Å². The van der Waals surface area contributed by atoms with Crippen LogP contribution in [0.4, 0.5) is 0 Å². The van der Waals surface area contributed by atoms with E-state index in [9.17, 15) is 15.2 Å². The van der Waals surface area contributed by atoms with Crippen molar-refractivity contribution in [3.05, 3.63) is 106 Å². The van der Waals surface area contributed by atoms with Gasteiger partial charge in [-0.25, -0.2) is 0 Å². The molecule has 10 heteroatoms. The van der Waals surface area contributed by atoms with Gasteiger partial charge >= 0.3 is 5.97 Å². The second-order valence-corrected chi connectivity index (χ2v) is 9.75. The van der Waals surface area contributed by atoms with E-state index in [-0.39, 0.29) is 32.7 Å². The SMILES string of the molecule is Cc1c(-c2ccccc2)ccnc1COc1cc(OCc2cncc(C#N)c2)c(CNC[C@@H](O)CC(=O)O)cc1Cl. The molecule has 0 unspecified atom stereocenters. The zero-order chi connectivity index (χ0) is 29.2. The number of carbonyl (C=O) groups is 1. The number of aliphatic hydroxyl groups excluding tert-OH is 1. The lowest BCUT2D eigenvalue weighted by molar-refractivity contribution is -0.139. The van der Waals surface area contributed by atoms with Crippen LogP contribution in [0.5, 0.6) is 11.5 Å². The molecule has 0 aliphatic rings. The molecule has 0 saturated carbocycles. The Hall–Kier alpha value is -4.49. The van der Waals surface area contributed by atoms with E-state index in [1.807, 2.05) is 43.3 Å². The lowest BCUT2D eigenvalue weighted by atomic mass is 10.0. The number of aliphatic hydroxyl groups is 1. The average molecular weight is 573 g/mol. The molecular weight excluding hydrogens is 544 g/mol. The minimum absolute atomic E-state index is 0.0679. The normalized spacial score (nSPS) is 11.5. The Kier molecular flexibility index (Phi) is 10.2. The van der Waals surface area contributed by atoms with Crippen LogP contribution >= 0.6 is 11.6 Å². The van der Waals surface area contributed by atoms with Gasteiger partial charge in [-0.15, -0.1) is 0 Å². The Morgan fingerprint density at radius 2 is 1.88 bits per heavy atom. The largest absolute Gasteiger partial charge is 0.488 e. The molecule has 0 amide bonds. The summed E-state index contributed by atoms with van der Waals surface area (Å²) >= 11 is 6.60. The number of carboxylic acids is 1. The molecule has 0 bridgehead atoms. The van der Waals surface area contributed by atoms with Crippen molar-refractivity contribution >= 4 is 17.6 Å². The molecule has 0 aliphatic carbocycles. The number of benzene rings is 2. The molecule has 4 rings (SSSR count). The number of nitriles is 1. The summed E-state index contributed by atoms with van der Waals surface area (Å²) in [6.07, 6.45) is 3.42. The van der Waals surface area contributed by atoms with E-state index in [0.29, 0.717) is 33.2 Å². The summed E-state index contributed by atoms with van der Waals surface area (Å²) in [6, 6.07) is 19.1. The Labute approximate surface area is 243 Å². The zero-order valence-electron chi connectivity index (χ0n) is 22.4. The van der Waals surface area contributed by atoms with E-state index >= 15 is 0 Å². The highest BCUT2D eigenvalue weighted by molar-refractivity contribution is 6.32. The van der Waals surface area contributed by atoms with Gasteiger partial charge in [0.25, 0.3) is 0 Å². The van der Waals surface area contributed by atoms with Crippen LogP contribution in [0.2, 0.25) is 5.02 Å². The number of rotatable bonds is 13. The van der Waals surface area contributed by atoms with Crippen molar-refractivity contribution in [2.45, 2.75) is 39.2 Å². The molecule has 0 saturated heterocycles. The van der Waals surface area contributed by atoms with Crippen molar-refractivity contribution in [3.63, 3.8) is 0 Å². The molecule has 3 N–H and O–H groups in total. The first-order valence-corrected chi connectivity index (χ1v) is 13.2. The van der Waals surface area contributed by atoms with Crippen molar-refractivity contribution in [1.82, 2.24) is 15.3 Å². The molecule has 4 aromatic rings. The molecule has 0 spiro atoms. The number of ether oxygens (including phenoxy) is 2. The predicted molar refractivity (Wildman–Crippen MR) is 153 cm³/mol. The number of halogens is 1. The first-order valence-electron chi connectivity index (χ1n) is 12.9. The van der Waals surface area contributed by atoms with Crippen molar-refractivity contribution in [1.29, 1.82) is 5.26 Å². The van der Waals surface area contributed by atoms with Crippen LogP contribution in [0.1, 0.15) is 34.4 Å². The Morgan fingerprint density at radius 1 is 1.10 bits per heavy atom. The second-order valence-electron chi connectivity index (χ2n) is 9.34. The fourth-order valence-electron chi connectivity index (χ4n) is 4.20. The third kappa shape index (κ3) is 8.25. The maximum Gasteiger partial charge on any atom is 0.306 e. The number of carboxylic acid groups (broad SMARTS) is 1. The van der Waals surface area contributed by atoms with Gasteiger partial charge in [0.15, 0.2) is 0 Å². The minimum Gasteiger partial charge on any atom is -0.488 e. The predicted octanol–water partition coefficient (Wildman–Crippen LogP) is 5.06. The summed E-state index contributed by atoms with van der Waals surface area (Å²) in [5.41, 5.74) is 5.71. The summed E-state index contributed by atoms with van der Waals surface area (Å²) in [5, 5.41) is 31.3. The number of hydrogen-bond donors (Lipinski definition) is 3. The maximum absolute atomic E-state index is 10.9. The fraction of sp³-hybridized carbons (Fsp3) is 0.226. The van der Waals surface area contributed by atoms with Crippen molar-refractivity contribution in [2.75, 3.05) is 6.54 Å². The van der Waals surface area contributed by atoms with Crippen LogP contribution in [0.25, 0.3) is 11.1 Å². The number of pyridine rings is 2. The first-order chi connectivity index (χ1) is 19.8. The van der Waals surface area contributed by atoms with Crippen LogP contribution in [0.3, 0.4) is 0 Å². The fourth-order valence-corrected chi connectivity index (χ4v) is 4.44. The molecule has 2 aromatic heterocycles. The van der Waals surface area contributed by atoms with E-state index in [1.165, 1.54) is 6.20 Å². The third-order valence-electron chi connectivity index (χ3n) is 6.30. The van der Waals surface area contributed by atoms with E-state index in [1.54, 1.807) is 30.6 Å². The van der Waals surface area contributed by atoms with Gasteiger partial charge in [-0.05, 0) is 41.8 Å². The standard InChI is InChI=1S/C31H29ClN4O5/c1-20-26(23-5-3-2-4-6-23)7-8-36-28(20)19-41-30-12-29(40-18-22-9-21(13-33)14-34-15-22)24(10-27(30)32)16-35-17-25(37)11-31(38)39/h2-10,12,14-15,25,35,37H,11,16-19H2,1H3,(H,38,39)/t25-/m0/s1. The number of aromatic nitrogens is 2. The maximum atomic E-state index is 10.9. The quantitative estimate of drug-likeness (QED) is 0.201. The van der Waals surface area contributed by atoms with E-state index in [4.69, 9.17) is 26.2 Å². The molecule has 0 fully saturated rings. The average Bonchev–Trinajstić information content (AvgIpc) is 2.97. The highest BCUT2D eigenvalue weighted by Crippen LogP contribution is 2.34. The zero-order valence-corrected chi connectivity index (χ0v) is 23.1. The molecular formula is C31H29ClN4O5. The second kappa shape index (κ2) is 14.2. The summed E-state index contributed by atoms with van der Waals surface area (Å²) in [5.74, 6) is -0.221. The lowest BCUT2D eigenvalue weighted by Gasteiger charge is -2.17. The van der Waals surface area contributed by atoms with Gasteiger partial charge in [0, 0.05) is 48.9 Å². The molecule has 2 aromatic carbocycles. The minimum atomic E-state index is -1.08. The van der Waals surface area contributed by atoms with Crippen LogP contribution in [-0.2, 0) is 24.6 Å². The monoisotopic (exact) mass is 572 g/mol. The molecule has 0 radical (unpaired) electrons. The number of hydrogen-bond acceptors (Lipinski definition) is 8. The Balaban J connectivity index is 1.54. The highest BCUT2D eigenvalue weighted by Gasteiger charge is 2.15. The van der Waals surface area contributed by atoms with Crippen molar-refractivity contribution < 1.29 is 24.5 Å². The highest BCUT2D eigenvalue weighted by atomic mass is 35.5. The van der Waals surface area contributed by atoms with Crippen molar-refractivity contribution in [2.24, 2.45) is 0 Å². The van der Waals surface area contributed by atoms with Crippen LogP contribution in [0.15, 0.2) is 73.2 Å². The smallest absolute Gasteiger partial charge is 0.306 e. The molecule has 210 valence electrons. The number of nitrogens with zero attached hydrogens (tertiary/aromatic N) is 3. The number of aliphatic carboxylic acids is 1. The molecule has 0 aliphatic heterocycles. The Morgan fingerprint density at radius 3 is 2.63 bits per heavy atom. The molecule has 2 heterocycles. The van der Waals surface area contributed by atoms with Gasteiger partial charge in [0.05, 0.1) is 28.8 Å². The summed E-state index contributed by atoms with van der Waals surface area (Å²) < 4.78 is 12.2. The molecule has 9 nitrogen and oxygen atoms in total. The summed E-state index contributed by atoms with van der Waals surface area (Å²) in [7, 11) is 0. The number of nitrogens with one attached hydrogen (secondary N) is 1. The van der Waals surface area contributed by atoms with Gasteiger partial charge in [-0.2, -0.15) is 5.26 Å². The first kappa shape index (κ1) is 29.5. The van der Waals surface area contributed by atoms with Gasteiger partial charge in [0.2, 0.25) is 0 Å². The lowest BCUT2D eigenvalue weighted by Crippen LogP contribution is -2.28. The van der Waals surface area contributed by atoms with Crippen LogP contribution in [-0.4, -0.2) is 38.8 Å². The van der Waals surface area contributed by atoms with E-state index in [2.05, 4.69) is 21.4 Å². The van der Waals surface area contributed by atoms with E-state index < -0.39 is 12.1 Å². The van der Waals surface area contributed by atoms with Gasteiger partial charge < -0.3 is 25.0 Å². The van der Waals surface area contributed by atoms with Gasteiger partial charge in [0.1, 0.15) is 30.8 Å². The topological polar surface area (TPSA) is 138 Å². The van der Waals surface area contributed by atoms with Crippen LogP contribution < -0.4 is 14.8 Å². The molecule has 1 atom stereocenters.